The number of fused-ring (bicyclic) bond motifs is 1. The van der Waals surface area contributed by atoms with Crippen molar-refractivity contribution < 1.29 is 4.57 Å². The molecule has 2 heteroatoms. The van der Waals surface area contributed by atoms with Crippen LogP contribution in [0.2, 0.25) is 0 Å². The number of nitrogens with zero attached hydrogens (tertiary/aromatic N) is 2. The summed E-state index contributed by atoms with van der Waals surface area (Å²) in [5.41, 5.74) is 5.04. The SMILES string of the molecule is CN(C)c1ccc(C=CCc2ccc3ccccc3[n+]2C)cc1. The van der Waals surface area contributed by atoms with E-state index in [0.717, 1.165) is 6.42 Å². The van der Waals surface area contributed by atoms with Gasteiger partial charge in [-0.3, -0.25) is 0 Å². The first-order valence-corrected chi connectivity index (χ1v) is 7.96. The molecule has 3 aromatic rings. The number of pyridine rings is 1. The average Bonchev–Trinajstić information content (AvgIpc) is 2.57. The van der Waals surface area contributed by atoms with Gasteiger partial charge in [-0.15, -0.1) is 0 Å². The third-order valence-corrected chi connectivity index (χ3v) is 4.23. The number of aryl methyl sites for hydroxylation is 1. The van der Waals surface area contributed by atoms with Crippen molar-refractivity contribution in [3.63, 3.8) is 0 Å². The predicted octanol–water partition coefficient (Wildman–Crippen LogP) is 3.99. The van der Waals surface area contributed by atoms with Crippen molar-refractivity contribution in [1.29, 1.82) is 0 Å². The Balaban J connectivity index is 1.76. The molecule has 0 aliphatic rings. The van der Waals surface area contributed by atoms with E-state index in [2.05, 4.69) is 103 Å². The van der Waals surface area contributed by atoms with Gasteiger partial charge in [0, 0.05) is 37.3 Å². The number of hydrogen-bond acceptors (Lipinski definition) is 1. The lowest BCUT2D eigenvalue weighted by Crippen LogP contribution is -2.34. The van der Waals surface area contributed by atoms with Crippen molar-refractivity contribution in [2.45, 2.75) is 6.42 Å². The fourth-order valence-electron chi connectivity index (χ4n) is 2.79. The van der Waals surface area contributed by atoms with E-state index < -0.39 is 0 Å². The van der Waals surface area contributed by atoms with Gasteiger partial charge < -0.3 is 4.90 Å². The van der Waals surface area contributed by atoms with Gasteiger partial charge in [-0.25, -0.2) is 0 Å². The highest BCUT2D eigenvalue weighted by Gasteiger charge is 2.09. The number of allylic oxidation sites excluding steroid dienone is 1. The van der Waals surface area contributed by atoms with Crippen LogP contribution < -0.4 is 9.47 Å². The van der Waals surface area contributed by atoms with Gasteiger partial charge in [0.15, 0.2) is 5.69 Å². The summed E-state index contributed by atoms with van der Waals surface area (Å²) in [4.78, 5) is 2.11. The Bertz CT molecular complexity index is 830. The third-order valence-electron chi connectivity index (χ3n) is 4.23. The quantitative estimate of drug-likeness (QED) is 0.661. The maximum Gasteiger partial charge on any atom is 0.212 e. The molecule has 0 aliphatic carbocycles. The zero-order valence-corrected chi connectivity index (χ0v) is 14.0. The molecule has 0 aliphatic heterocycles. The van der Waals surface area contributed by atoms with E-state index in [1.807, 2.05) is 0 Å². The fourth-order valence-corrected chi connectivity index (χ4v) is 2.79. The summed E-state index contributed by atoms with van der Waals surface area (Å²) < 4.78 is 2.27. The van der Waals surface area contributed by atoms with Crippen molar-refractivity contribution in [3.05, 3.63) is 78.0 Å². The molecular formula is C21H23N2+. The van der Waals surface area contributed by atoms with E-state index in [1.54, 1.807) is 0 Å². The smallest absolute Gasteiger partial charge is 0.212 e. The molecule has 0 fully saturated rings. The van der Waals surface area contributed by atoms with Crippen LogP contribution in [-0.4, -0.2) is 14.1 Å². The van der Waals surface area contributed by atoms with E-state index in [-0.39, 0.29) is 0 Å². The Morgan fingerprint density at radius 2 is 1.65 bits per heavy atom. The largest absolute Gasteiger partial charge is 0.378 e. The Labute approximate surface area is 138 Å². The highest BCUT2D eigenvalue weighted by atomic mass is 15.1. The second kappa shape index (κ2) is 6.66. The molecule has 0 saturated heterocycles. The first-order valence-electron chi connectivity index (χ1n) is 7.96. The first-order chi connectivity index (χ1) is 11.1. The summed E-state index contributed by atoms with van der Waals surface area (Å²) in [6, 6.07) is 21.5. The highest BCUT2D eigenvalue weighted by Crippen LogP contribution is 2.14. The Kier molecular flexibility index (Phi) is 4.42. The molecule has 0 atom stereocenters. The van der Waals surface area contributed by atoms with E-state index >= 15 is 0 Å². The van der Waals surface area contributed by atoms with E-state index in [1.165, 1.54) is 27.8 Å². The lowest BCUT2D eigenvalue weighted by molar-refractivity contribution is -0.652. The van der Waals surface area contributed by atoms with Crippen LogP contribution in [0.5, 0.6) is 0 Å². The molecule has 23 heavy (non-hydrogen) atoms. The minimum absolute atomic E-state index is 0.927. The van der Waals surface area contributed by atoms with Crippen LogP contribution >= 0.6 is 0 Å². The fraction of sp³-hybridized carbons (Fsp3) is 0.190. The Morgan fingerprint density at radius 1 is 0.913 bits per heavy atom. The van der Waals surface area contributed by atoms with Crippen LogP contribution in [0.4, 0.5) is 5.69 Å². The molecule has 0 unspecified atom stereocenters. The van der Waals surface area contributed by atoms with Crippen LogP contribution in [0, 0.1) is 0 Å². The zero-order valence-electron chi connectivity index (χ0n) is 14.0. The summed E-state index contributed by atoms with van der Waals surface area (Å²) in [6.45, 7) is 0. The molecule has 0 amide bonds. The molecule has 0 saturated carbocycles. The van der Waals surface area contributed by atoms with Crippen LogP contribution in [0.25, 0.3) is 17.0 Å². The van der Waals surface area contributed by atoms with E-state index in [4.69, 9.17) is 0 Å². The van der Waals surface area contributed by atoms with Gasteiger partial charge in [0.2, 0.25) is 5.52 Å². The monoisotopic (exact) mass is 303 g/mol. The lowest BCUT2D eigenvalue weighted by atomic mass is 10.1. The molecule has 3 rings (SSSR count). The van der Waals surface area contributed by atoms with Gasteiger partial charge in [-0.2, -0.15) is 4.57 Å². The summed E-state index contributed by atoms with van der Waals surface area (Å²) in [5.74, 6) is 0. The number of hydrogen-bond donors (Lipinski definition) is 0. The van der Waals surface area contributed by atoms with Gasteiger partial charge in [0.1, 0.15) is 7.05 Å². The van der Waals surface area contributed by atoms with Gasteiger partial charge >= 0.3 is 0 Å². The highest BCUT2D eigenvalue weighted by molar-refractivity contribution is 5.75. The van der Waals surface area contributed by atoms with E-state index in [0.29, 0.717) is 0 Å². The number of rotatable bonds is 4. The molecule has 1 aromatic heterocycles. The molecule has 0 N–H and O–H groups in total. The maximum atomic E-state index is 2.27. The van der Waals surface area contributed by atoms with Crippen LogP contribution in [0.3, 0.4) is 0 Å². The van der Waals surface area contributed by atoms with Crippen molar-refractivity contribution in [3.8, 4) is 0 Å². The maximum absolute atomic E-state index is 2.27. The molecular weight excluding hydrogens is 280 g/mol. The summed E-state index contributed by atoms with van der Waals surface area (Å²) in [6.07, 6.45) is 5.35. The van der Waals surface area contributed by atoms with Crippen molar-refractivity contribution in [1.82, 2.24) is 0 Å². The first kappa shape index (κ1) is 15.3. The van der Waals surface area contributed by atoms with Crippen molar-refractivity contribution in [2.24, 2.45) is 7.05 Å². The van der Waals surface area contributed by atoms with Gasteiger partial charge in [-0.1, -0.05) is 36.4 Å². The van der Waals surface area contributed by atoms with Gasteiger partial charge in [0.25, 0.3) is 0 Å². The molecule has 2 aromatic carbocycles. The lowest BCUT2D eigenvalue weighted by Gasteiger charge is -2.11. The van der Waals surface area contributed by atoms with Crippen LogP contribution in [0.15, 0.2) is 66.7 Å². The third kappa shape index (κ3) is 3.42. The Morgan fingerprint density at radius 3 is 2.39 bits per heavy atom. The summed E-state index contributed by atoms with van der Waals surface area (Å²) >= 11 is 0. The predicted molar refractivity (Wildman–Crippen MR) is 98.6 cm³/mol. The number of benzene rings is 2. The normalized spacial score (nSPS) is 11.3. The number of anilines is 1. The summed E-state index contributed by atoms with van der Waals surface area (Å²) in [7, 11) is 6.26. The molecule has 0 bridgehead atoms. The minimum Gasteiger partial charge on any atom is -0.378 e. The van der Waals surface area contributed by atoms with E-state index in [9.17, 15) is 0 Å². The van der Waals surface area contributed by atoms with Gasteiger partial charge in [-0.05, 0) is 29.8 Å². The van der Waals surface area contributed by atoms with Crippen molar-refractivity contribution >= 4 is 22.7 Å². The molecule has 1 heterocycles. The zero-order chi connectivity index (χ0) is 16.2. The number of para-hydroxylation sites is 1. The summed E-state index contributed by atoms with van der Waals surface area (Å²) in [5, 5.41) is 1.28. The average molecular weight is 303 g/mol. The van der Waals surface area contributed by atoms with Crippen molar-refractivity contribution in [2.75, 3.05) is 19.0 Å². The molecule has 0 spiro atoms. The molecule has 0 radical (unpaired) electrons. The topological polar surface area (TPSA) is 7.12 Å². The second-order valence-electron chi connectivity index (χ2n) is 6.03. The van der Waals surface area contributed by atoms with Crippen LogP contribution in [0.1, 0.15) is 11.3 Å². The minimum atomic E-state index is 0.927. The standard InChI is InChI=1S/C21H23N2/c1-22(2)19-14-11-17(12-15-19)7-6-9-20-16-13-18-8-4-5-10-21(18)23(20)3/h4-8,10-16H,9H2,1-3H3/q+1. The van der Waals surface area contributed by atoms with Crippen LogP contribution in [-0.2, 0) is 13.5 Å². The Hall–Kier alpha value is -2.61. The molecule has 2 nitrogen and oxygen atoms in total. The molecule has 116 valence electrons. The number of aromatic nitrogens is 1. The van der Waals surface area contributed by atoms with Gasteiger partial charge in [0.05, 0.1) is 6.42 Å². The second-order valence-corrected chi connectivity index (χ2v) is 6.03.